The van der Waals surface area contributed by atoms with E-state index in [1.54, 1.807) is 6.07 Å². The molecule has 0 aromatic heterocycles. The first-order chi connectivity index (χ1) is 13.6. The minimum absolute atomic E-state index is 0.497. The number of hydrogen-bond acceptors (Lipinski definition) is 1. The Kier molecular flexibility index (Phi) is 5.49. The summed E-state index contributed by atoms with van der Waals surface area (Å²) in [6.07, 6.45) is 10.2. The number of halogens is 2. The maximum absolute atomic E-state index is 14.0. The fourth-order valence-electron chi connectivity index (χ4n) is 5.28. The highest BCUT2D eigenvalue weighted by Crippen LogP contribution is 2.41. The van der Waals surface area contributed by atoms with E-state index in [-0.39, 0.29) is 0 Å². The van der Waals surface area contributed by atoms with E-state index in [1.165, 1.54) is 61.8 Å². The zero-order chi connectivity index (χ0) is 19.7. The molecule has 0 aliphatic heterocycles. The third-order valence-electron chi connectivity index (χ3n) is 7.10. The summed E-state index contributed by atoms with van der Waals surface area (Å²) >= 11 is 0. The first-order valence-corrected chi connectivity index (χ1v) is 10.6. The van der Waals surface area contributed by atoms with Crippen LogP contribution < -0.4 is 0 Å². The molecule has 1 saturated carbocycles. The van der Waals surface area contributed by atoms with E-state index in [0.717, 1.165) is 36.2 Å². The summed E-state index contributed by atoms with van der Waals surface area (Å²) in [6.45, 7) is 2.31. The van der Waals surface area contributed by atoms with Crippen LogP contribution >= 0.6 is 0 Å². The van der Waals surface area contributed by atoms with Crippen molar-refractivity contribution in [1.29, 1.82) is 5.26 Å². The Morgan fingerprint density at radius 2 is 1.61 bits per heavy atom. The quantitative estimate of drug-likeness (QED) is 0.574. The van der Waals surface area contributed by atoms with Gasteiger partial charge in [-0.05, 0) is 84.2 Å². The fraction of sp³-hybridized carbons (Fsp3) is 0.480. The smallest absolute Gasteiger partial charge is 0.144 e. The van der Waals surface area contributed by atoms with Crippen molar-refractivity contribution in [2.75, 3.05) is 0 Å². The van der Waals surface area contributed by atoms with E-state index in [2.05, 4.69) is 19.1 Å². The van der Waals surface area contributed by atoms with Crippen molar-refractivity contribution in [3.05, 3.63) is 58.7 Å². The van der Waals surface area contributed by atoms with E-state index < -0.39 is 17.2 Å². The van der Waals surface area contributed by atoms with Crippen molar-refractivity contribution in [3.8, 4) is 17.2 Å². The lowest BCUT2D eigenvalue weighted by Gasteiger charge is -2.36. The summed E-state index contributed by atoms with van der Waals surface area (Å²) in [5.41, 5.74) is 3.51. The second-order valence-electron chi connectivity index (χ2n) is 8.60. The molecule has 0 amide bonds. The van der Waals surface area contributed by atoms with Gasteiger partial charge in [-0.1, -0.05) is 44.4 Å². The number of nitriles is 1. The van der Waals surface area contributed by atoms with Crippen LogP contribution in [-0.4, -0.2) is 0 Å². The van der Waals surface area contributed by atoms with Gasteiger partial charge in [0.05, 0.1) is 0 Å². The standard InChI is InChI=1S/C25H27F2N/c1-2-16-3-5-17(6-4-16)18-7-8-20-12-21(10-9-19(20)11-18)22-13-24(26)23(15-28)25(27)14-22/h9-10,12-14,16-18H,2-8,11H2,1H3. The SMILES string of the molecule is CCC1CCC(C2CCc3cc(-c4cc(F)c(C#N)c(F)c4)ccc3C2)CC1. The van der Waals surface area contributed by atoms with E-state index >= 15 is 0 Å². The number of benzene rings is 2. The molecular weight excluding hydrogens is 352 g/mol. The Bertz CT molecular complexity index is 880. The molecule has 146 valence electrons. The topological polar surface area (TPSA) is 23.8 Å². The number of nitrogens with zero attached hydrogens (tertiary/aromatic N) is 1. The molecule has 28 heavy (non-hydrogen) atoms. The van der Waals surface area contributed by atoms with Gasteiger partial charge in [0.2, 0.25) is 0 Å². The minimum Gasteiger partial charge on any atom is -0.205 e. The first kappa shape index (κ1) is 19.1. The van der Waals surface area contributed by atoms with Gasteiger partial charge in [0.25, 0.3) is 0 Å². The Balaban J connectivity index is 1.51. The van der Waals surface area contributed by atoms with E-state index in [1.807, 2.05) is 6.07 Å². The second-order valence-corrected chi connectivity index (χ2v) is 8.60. The van der Waals surface area contributed by atoms with Crippen molar-refractivity contribution in [3.63, 3.8) is 0 Å². The van der Waals surface area contributed by atoms with Crippen molar-refractivity contribution >= 4 is 0 Å². The Hall–Kier alpha value is -2.21. The molecule has 1 nitrogen and oxygen atoms in total. The molecule has 4 rings (SSSR count). The summed E-state index contributed by atoms with van der Waals surface area (Å²) in [7, 11) is 0. The van der Waals surface area contributed by atoms with Crippen LogP contribution in [0.1, 0.15) is 62.1 Å². The van der Waals surface area contributed by atoms with Crippen LogP contribution in [0.15, 0.2) is 30.3 Å². The zero-order valence-corrected chi connectivity index (χ0v) is 16.5. The molecule has 3 heteroatoms. The molecule has 2 aliphatic rings. The lowest BCUT2D eigenvalue weighted by molar-refractivity contribution is 0.187. The third-order valence-corrected chi connectivity index (χ3v) is 7.10. The maximum Gasteiger partial charge on any atom is 0.144 e. The Morgan fingerprint density at radius 1 is 0.893 bits per heavy atom. The third kappa shape index (κ3) is 3.70. The van der Waals surface area contributed by atoms with Gasteiger partial charge in [-0.15, -0.1) is 0 Å². The largest absolute Gasteiger partial charge is 0.205 e. The summed E-state index contributed by atoms with van der Waals surface area (Å²) < 4.78 is 28.0. The molecule has 1 fully saturated rings. The normalized spacial score (nSPS) is 24.4. The molecule has 2 aromatic carbocycles. The van der Waals surface area contributed by atoms with Crippen molar-refractivity contribution < 1.29 is 8.78 Å². The number of rotatable bonds is 3. The maximum atomic E-state index is 14.0. The molecule has 0 radical (unpaired) electrons. The molecule has 0 N–H and O–H groups in total. The van der Waals surface area contributed by atoms with Gasteiger partial charge in [-0.2, -0.15) is 5.26 Å². The van der Waals surface area contributed by atoms with Crippen LogP contribution in [0.5, 0.6) is 0 Å². The van der Waals surface area contributed by atoms with Crippen LogP contribution in [0, 0.1) is 40.7 Å². The second kappa shape index (κ2) is 8.03. The Labute approximate surface area is 166 Å². The van der Waals surface area contributed by atoms with Gasteiger partial charge >= 0.3 is 0 Å². The summed E-state index contributed by atoms with van der Waals surface area (Å²) in [5.74, 6) is 0.983. The average Bonchev–Trinajstić information content (AvgIpc) is 2.73. The van der Waals surface area contributed by atoms with Gasteiger partial charge in [0.1, 0.15) is 23.3 Å². The van der Waals surface area contributed by atoms with Crippen LogP contribution in [0.3, 0.4) is 0 Å². The fourth-order valence-corrected chi connectivity index (χ4v) is 5.28. The molecule has 0 heterocycles. The van der Waals surface area contributed by atoms with Crippen molar-refractivity contribution in [2.24, 2.45) is 17.8 Å². The highest BCUT2D eigenvalue weighted by molar-refractivity contribution is 5.66. The highest BCUT2D eigenvalue weighted by atomic mass is 19.1. The highest BCUT2D eigenvalue weighted by Gasteiger charge is 2.29. The zero-order valence-electron chi connectivity index (χ0n) is 16.5. The molecule has 2 aliphatic carbocycles. The minimum atomic E-state index is -0.794. The molecule has 1 unspecified atom stereocenters. The van der Waals surface area contributed by atoms with E-state index in [9.17, 15) is 8.78 Å². The van der Waals surface area contributed by atoms with E-state index in [0.29, 0.717) is 5.56 Å². The lowest BCUT2D eigenvalue weighted by Crippen LogP contribution is -2.26. The van der Waals surface area contributed by atoms with Crippen LogP contribution in [0.2, 0.25) is 0 Å². The molecule has 2 aromatic rings. The van der Waals surface area contributed by atoms with Gasteiger partial charge in [0, 0.05) is 0 Å². The monoisotopic (exact) mass is 379 g/mol. The van der Waals surface area contributed by atoms with Crippen LogP contribution in [0.25, 0.3) is 11.1 Å². The van der Waals surface area contributed by atoms with Gasteiger partial charge in [-0.3, -0.25) is 0 Å². The summed E-state index contributed by atoms with van der Waals surface area (Å²) in [4.78, 5) is 0. The molecular formula is C25H27F2N. The number of hydrogen-bond donors (Lipinski definition) is 0. The van der Waals surface area contributed by atoms with Crippen molar-refractivity contribution in [2.45, 2.75) is 58.3 Å². The summed E-state index contributed by atoms with van der Waals surface area (Å²) in [5, 5.41) is 8.85. The molecule has 0 saturated heterocycles. The van der Waals surface area contributed by atoms with Crippen LogP contribution in [0.4, 0.5) is 8.78 Å². The Morgan fingerprint density at radius 3 is 2.25 bits per heavy atom. The van der Waals surface area contributed by atoms with Gasteiger partial charge < -0.3 is 0 Å². The van der Waals surface area contributed by atoms with Gasteiger partial charge in [-0.25, -0.2) is 8.78 Å². The predicted molar refractivity (Wildman–Crippen MR) is 108 cm³/mol. The number of aryl methyl sites for hydroxylation is 1. The molecule has 0 bridgehead atoms. The number of fused-ring (bicyclic) bond motifs is 1. The van der Waals surface area contributed by atoms with Crippen molar-refractivity contribution in [1.82, 2.24) is 0 Å². The van der Waals surface area contributed by atoms with E-state index in [4.69, 9.17) is 5.26 Å². The first-order valence-electron chi connectivity index (χ1n) is 10.6. The lowest BCUT2D eigenvalue weighted by atomic mass is 9.69. The summed E-state index contributed by atoms with van der Waals surface area (Å²) in [6, 6.07) is 10.3. The van der Waals surface area contributed by atoms with Crippen LogP contribution in [-0.2, 0) is 12.8 Å². The molecule has 0 spiro atoms. The van der Waals surface area contributed by atoms with Gasteiger partial charge in [0.15, 0.2) is 0 Å². The average molecular weight is 379 g/mol. The predicted octanol–water partition coefficient (Wildman–Crippen LogP) is 6.82. The molecule has 1 atom stereocenters.